The number of halogens is 1. The molecule has 0 spiro atoms. The summed E-state index contributed by atoms with van der Waals surface area (Å²) in [6, 6.07) is 4.86. The van der Waals surface area contributed by atoms with E-state index in [1.807, 2.05) is 6.92 Å². The second-order valence-electron chi connectivity index (χ2n) is 4.58. The van der Waals surface area contributed by atoms with Crippen molar-refractivity contribution < 1.29 is 8.42 Å². The Morgan fingerprint density at radius 1 is 1.44 bits per heavy atom. The Kier molecular flexibility index (Phi) is 3.96. The first-order chi connectivity index (χ1) is 8.43. The van der Waals surface area contributed by atoms with E-state index in [9.17, 15) is 8.42 Å². The van der Waals surface area contributed by atoms with Crippen molar-refractivity contribution in [2.45, 2.75) is 24.8 Å². The average molecular weight is 289 g/mol. The van der Waals surface area contributed by atoms with Gasteiger partial charge in [0.1, 0.15) is 0 Å². The Hall–Kier alpha value is -0.620. The molecule has 1 saturated heterocycles. The largest absolute Gasteiger partial charge is 0.314 e. The first-order valence-corrected chi connectivity index (χ1v) is 7.73. The lowest BCUT2D eigenvalue weighted by Gasteiger charge is -2.33. The van der Waals surface area contributed by atoms with Gasteiger partial charge in [-0.2, -0.15) is 4.31 Å². The van der Waals surface area contributed by atoms with Gasteiger partial charge in [-0.3, -0.25) is 0 Å². The zero-order chi connectivity index (χ0) is 13.3. The van der Waals surface area contributed by atoms with E-state index in [1.165, 1.54) is 0 Å². The normalized spacial score (nSPS) is 22.1. The van der Waals surface area contributed by atoms with Crippen LogP contribution in [0.4, 0.5) is 0 Å². The Morgan fingerprint density at radius 3 is 2.78 bits per heavy atom. The number of hydrogen-bond donors (Lipinski definition) is 1. The fourth-order valence-electron chi connectivity index (χ4n) is 2.21. The molecule has 0 saturated carbocycles. The van der Waals surface area contributed by atoms with Gasteiger partial charge >= 0.3 is 0 Å². The van der Waals surface area contributed by atoms with E-state index in [2.05, 4.69) is 5.32 Å². The molecule has 1 aromatic rings. The molecule has 0 amide bonds. The van der Waals surface area contributed by atoms with Crippen LogP contribution < -0.4 is 5.32 Å². The topological polar surface area (TPSA) is 49.4 Å². The number of benzene rings is 1. The minimum atomic E-state index is -3.42. The van der Waals surface area contributed by atoms with Crippen LogP contribution in [-0.2, 0) is 10.0 Å². The van der Waals surface area contributed by atoms with Crippen molar-refractivity contribution in [2.75, 3.05) is 19.6 Å². The van der Waals surface area contributed by atoms with Gasteiger partial charge in [0, 0.05) is 30.7 Å². The zero-order valence-corrected chi connectivity index (χ0v) is 12.1. The van der Waals surface area contributed by atoms with Gasteiger partial charge in [0.05, 0.1) is 4.90 Å². The van der Waals surface area contributed by atoms with Crippen LogP contribution in [0.25, 0.3) is 0 Å². The lowest BCUT2D eigenvalue weighted by molar-refractivity contribution is 0.283. The predicted molar refractivity (Wildman–Crippen MR) is 72.4 cm³/mol. The maximum Gasteiger partial charge on any atom is 0.243 e. The van der Waals surface area contributed by atoms with Crippen LogP contribution in [0.1, 0.15) is 12.5 Å². The lowest BCUT2D eigenvalue weighted by Crippen LogP contribution is -2.52. The Labute approximate surface area is 113 Å². The summed E-state index contributed by atoms with van der Waals surface area (Å²) in [5.74, 6) is 0. The van der Waals surface area contributed by atoms with E-state index in [0.29, 0.717) is 35.1 Å². The molecular formula is C12H17ClN2O2S. The number of piperazine rings is 1. The highest BCUT2D eigenvalue weighted by Crippen LogP contribution is 2.24. The highest BCUT2D eigenvalue weighted by molar-refractivity contribution is 7.89. The number of nitrogens with one attached hydrogen (secondary N) is 1. The molecule has 0 aliphatic carbocycles. The van der Waals surface area contributed by atoms with Crippen LogP contribution in [0.2, 0.25) is 5.02 Å². The minimum Gasteiger partial charge on any atom is -0.314 e. The van der Waals surface area contributed by atoms with Crippen molar-refractivity contribution in [3.8, 4) is 0 Å². The van der Waals surface area contributed by atoms with Crippen LogP contribution in [0.15, 0.2) is 23.1 Å². The van der Waals surface area contributed by atoms with Gasteiger partial charge in [-0.05, 0) is 37.6 Å². The molecule has 0 aromatic heterocycles. The third kappa shape index (κ3) is 2.54. The van der Waals surface area contributed by atoms with Gasteiger partial charge in [0.15, 0.2) is 0 Å². The maximum atomic E-state index is 12.6. The molecule has 4 nitrogen and oxygen atoms in total. The molecule has 1 aliphatic heterocycles. The smallest absolute Gasteiger partial charge is 0.243 e. The molecule has 1 heterocycles. The minimum absolute atomic E-state index is 0.0289. The van der Waals surface area contributed by atoms with Crippen molar-refractivity contribution >= 4 is 21.6 Å². The van der Waals surface area contributed by atoms with Gasteiger partial charge in [0.25, 0.3) is 0 Å². The van der Waals surface area contributed by atoms with Crippen molar-refractivity contribution in [3.63, 3.8) is 0 Å². The van der Waals surface area contributed by atoms with Crippen molar-refractivity contribution in [1.82, 2.24) is 9.62 Å². The molecule has 2 rings (SSSR count). The average Bonchev–Trinajstić information content (AvgIpc) is 2.28. The summed E-state index contributed by atoms with van der Waals surface area (Å²) in [5.41, 5.74) is 0.688. The number of rotatable bonds is 2. The van der Waals surface area contributed by atoms with Gasteiger partial charge in [0.2, 0.25) is 10.0 Å². The first-order valence-electron chi connectivity index (χ1n) is 5.91. The molecule has 100 valence electrons. The van der Waals surface area contributed by atoms with E-state index >= 15 is 0 Å². The Bertz CT molecular complexity index is 545. The predicted octanol–water partition coefficient (Wildman–Crippen LogP) is 1.63. The Morgan fingerprint density at radius 2 is 2.17 bits per heavy atom. The van der Waals surface area contributed by atoms with E-state index < -0.39 is 10.0 Å². The molecule has 1 aliphatic rings. The quantitative estimate of drug-likeness (QED) is 0.900. The molecule has 18 heavy (non-hydrogen) atoms. The van der Waals surface area contributed by atoms with Gasteiger partial charge in [-0.1, -0.05) is 11.6 Å². The highest BCUT2D eigenvalue weighted by atomic mass is 35.5. The number of nitrogens with zero attached hydrogens (tertiary/aromatic N) is 1. The molecule has 1 fully saturated rings. The number of hydrogen-bond acceptors (Lipinski definition) is 3. The van der Waals surface area contributed by atoms with Crippen molar-refractivity contribution in [3.05, 3.63) is 28.8 Å². The molecule has 1 atom stereocenters. The van der Waals surface area contributed by atoms with Crippen LogP contribution in [0.3, 0.4) is 0 Å². The summed E-state index contributed by atoms with van der Waals surface area (Å²) in [6.45, 7) is 5.56. The van der Waals surface area contributed by atoms with Crippen LogP contribution >= 0.6 is 11.6 Å². The zero-order valence-electron chi connectivity index (χ0n) is 10.5. The fourth-order valence-corrected chi connectivity index (χ4v) is 4.27. The summed E-state index contributed by atoms with van der Waals surface area (Å²) >= 11 is 5.86. The molecule has 0 bridgehead atoms. The summed E-state index contributed by atoms with van der Waals surface area (Å²) in [7, 11) is -3.42. The number of aryl methyl sites for hydroxylation is 1. The van der Waals surface area contributed by atoms with Crippen molar-refractivity contribution in [2.24, 2.45) is 0 Å². The van der Waals surface area contributed by atoms with Crippen LogP contribution in [0, 0.1) is 6.92 Å². The summed E-state index contributed by atoms with van der Waals surface area (Å²) in [4.78, 5) is 0.348. The molecule has 1 N–H and O–H groups in total. The van der Waals surface area contributed by atoms with Crippen LogP contribution in [-0.4, -0.2) is 38.4 Å². The van der Waals surface area contributed by atoms with Gasteiger partial charge < -0.3 is 5.32 Å². The lowest BCUT2D eigenvalue weighted by atomic mass is 10.2. The molecule has 1 aromatic carbocycles. The standard InChI is InChI=1S/C12H17ClN2O2S/c1-9-7-11(13)3-4-12(9)18(16,17)15-6-5-14-8-10(15)2/h3-4,7,10,14H,5-6,8H2,1-2H3. The molecule has 0 radical (unpaired) electrons. The highest BCUT2D eigenvalue weighted by Gasteiger charge is 2.31. The van der Waals surface area contributed by atoms with Gasteiger partial charge in [-0.15, -0.1) is 0 Å². The molecule has 1 unspecified atom stereocenters. The number of sulfonamides is 1. The monoisotopic (exact) mass is 288 g/mol. The summed E-state index contributed by atoms with van der Waals surface area (Å²) in [5, 5.41) is 3.74. The molecular weight excluding hydrogens is 272 g/mol. The van der Waals surface area contributed by atoms with E-state index in [-0.39, 0.29) is 6.04 Å². The van der Waals surface area contributed by atoms with Gasteiger partial charge in [-0.25, -0.2) is 8.42 Å². The Balaban J connectivity index is 2.41. The van der Waals surface area contributed by atoms with Crippen molar-refractivity contribution in [1.29, 1.82) is 0 Å². The fraction of sp³-hybridized carbons (Fsp3) is 0.500. The maximum absolute atomic E-state index is 12.6. The summed E-state index contributed by atoms with van der Waals surface area (Å²) < 4.78 is 26.7. The van der Waals surface area contributed by atoms with Crippen LogP contribution in [0.5, 0.6) is 0 Å². The third-order valence-electron chi connectivity index (χ3n) is 3.16. The second-order valence-corrected chi connectivity index (χ2v) is 6.87. The SMILES string of the molecule is Cc1cc(Cl)ccc1S(=O)(=O)N1CCNCC1C. The summed E-state index contributed by atoms with van der Waals surface area (Å²) in [6.07, 6.45) is 0. The first kappa shape index (κ1) is 13.8. The second kappa shape index (κ2) is 5.17. The van der Waals surface area contributed by atoms with E-state index in [0.717, 1.165) is 0 Å². The van der Waals surface area contributed by atoms with E-state index in [4.69, 9.17) is 11.6 Å². The third-order valence-corrected chi connectivity index (χ3v) is 5.57. The van der Waals surface area contributed by atoms with E-state index in [1.54, 1.807) is 29.4 Å². The molecule has 6 heteroatoms.